The Bertz CT molecular complexity index is 640. The van der Waals surface area contributed by atoms with E-state index >= 15 is 0 Å². The van der Waals surface area contributed by atoms with Crippen LogP contribution in [-0.4, -0.2) is 9.97 Å². The Kier molecular flexibility index (Phi) is 2.73. The molecule has 0 spiro atoms. The van der Waals surface area contributed by atoms with E-state index in [4.69, 9.17) is 4.74 Å². The molecule has 0 aliphatic rings. The van der Waals surface area contributed by atoms with Gasteiger partial charge in [-0.2, -0.15) is 0 Å². The molecule has 2 aromatic carbocycles. The number of nitrogens with zero attached hydrogens (tertiary/aromatic N) is 1. The number of hydrogen-bond donors (Lipinski definition) is 1. The van der Waals surface area contributed by atoms with E-state index in [-0.39, 0.29) is 0 Å². The van der Waals surface area contributed by atoms with Crippen LogP contribution in [0.5, 0.6) is 5.75 Å². The molecule has 0 aliphatic heterocycles. The van der Waals surface area contributed by atoms with Gasteiger partial charge in [-0.05, 0) is 30.7 Å². The summed E-state index contributed by atoms with van der Waals surface area (Å²) in [5, 5.41) is 0. The molecule has 1 aromatic heterocycles. The zero-order chi connectivity index (χ0) is 12.4. The van der Waals surface area contributed by atoms with Crippen molar-refractivity contribution in [2.75, 3.05) is 0 Å². The standard InChI is InChI=1S/C15H14N2O/c1-11-6-2-5-9-14(11)18-10-15-16-12-7-3-4-8-13(12)17-15/h2-9H,10H2,1H3,(H,16,17). The highest BCUT2D eigenvalue weighted by Gasteiger charge is 2.03. The van der Waals surface area contributed by atoms with Crippen LogP contribution in [-0.2, 0) is 6.61 Å². The van der Waals surface area contributed by atoms with Crippen molar-refractivity contribution in [3.63, 3.8) is 0 Å². The van der Waals surface area contributed by atoms with E-state index in [9.17, 15) is 0 Å². The molecule has 0 fully saturated rings. The summed E-state index contributed by atoms with van der Waals surface area (Å²) in [7, 11) is 0. The monoisotopic (exact) mass is 238 g/mol. The number of aromatic amines is 1. The number of imidazole rings is 1. The maximum absolute atomic E-state index is 5.76. The van der Waals surface area contributed by atoms with Crippen LogP contribution in [0.25, 0.3) is 11.0 Å². The van der Waals surface area contributed by atoms with Crippen LogP contribution in [0.4, 0.5) is 0 Å². The van der Waals surface area contributed by atoms with Crippen molar-refractivity contribution in [1.29, 1.82) is 0 Å². The molecule has 0 saturated heterocycles. The zero-order valence-electron chi connectivity index (χ0n) is 10.2. The van der Waals surface area contributed by atoms with E-state index in [1.807, 2.05) is 55.5 Å². The number of nitrogens with one attached hydrogen (secondary N) is 1. The SMILES string of the molecule is Cc1ccccc1OCc1nc2ccccc2[nH]1. The van der Waals surface area contributed by atoms with Crippen molar-refractivity contribution in [2.45, 2.75) is 13.5 Å². The minimum atomic E-state index is 0.458. The first kappa shape index (κ1) is 10.8. The fraction of sp³-hybridized carbons (Fsp3) is 0.133. The minimum Gasteiger partial charge on any atom is -0.485 e. The highest BCUT2D eigenvalue weighted by molar-refractivity contribution is 5.74. The number of aryl methyl sites for hydroxylation is 1. The first-order valence-corrected chi connectivity index (χ1v) is 5.95. The Balaban J connectivity index is 1.79. The van der Waals surface area contributed by atoms with E-state index in [0.29, 0.717) is 6.61 Å². The second kappa shape index (κ2) is 4.53. The Morgan fingerprint density at radius 3 is 2.67 bits per heavy atom. The molecule has 0 aliphatic carbocycles. The number of rotatable bonds is 3. The molecule has 0 radical (unpaired) electrons. The average Bonchev–Trinajstić information content (AvgIpc) is 2.80. The molecule has 1 N–H and O–H groups in total. The molecule has 0 atom stereocenters. The van der Waals surface area contributed by atoms with Crippen molar-refractivity contribution in [2.24, 2.45) is 0 Å². The lowest BCUT2D eigenvalue weighted by Gasteiger charge is -2.06. The molecule has 90 valence electrons. The van der Waals surface area contributed by atoms with Crippen LogP contribution in [0.3, 0.4) is 0 Å². The van der Waals surface area contributed by atoms with Gasteiger partial charge in [-0.1, -0.05) is 30.3 Å². The predicted octanol–water partition coefficient (Wildman–Crippen LogP) is 3.45. The van der Waals surface area contributed by atoms with Crippen LogP contribution in [0, 0.1) is 6.92 Å². The molecule has 1 heterocycles. The van der Waals surface area contributed by atoms with E-state index < -0.39 is 0 Å². The second-order valence-electron chi connectivity index (χ2n) is 4.25. The summed E-state index contributed by atoms with van der Waals surface area (Å²) >= 11 is 0. The van der Waals surface area contributed by atoms with Gasteiger partial charge in [0.05, 0.1) is 11.0 Å². The smallest absolute Gasteiger partial charge is 0.146 e. The van der Waals surface area contributed by atoms with Crippen molar-refractivity contribution in [3.05, 3.63) is 59.9 Å². The normalized spacial score (nSPS) is 10.7. The third kappa shape index (κ3) is 2.07. The van der Waals surface area contributed by atoms with Gasteiger partial charge in [0.1, 0.15) is 18.2 Å². The van der Waals surface area contributed by atoms with Crippen LogP contribution in [0.2, 0.25) is 0 Å². The highest BCUT2D eigenvalue weighted by Crippen LogP contribution is 2.18. The van der Waals surface area contributed by atoms with E-state index in [2.05, 4.69) is 9.97 Å². The van der Waals surface area contributed by atoms with Gasteiger partial charge in [0.15, 0.2) is 0 Å². The summed E-state index contributed by atoms with van der Waals surface area (Å²) in [4.78, 5) is 7.73. The Morgan fingerprint density at radius 2 is 1.83 bits per heavy atom. The van der Waals surface area contributed by atoms with Gasteiger partial charge in [0.2, 0.25) is 0 Å². The summed E-state index contributed by atoms with van der Waals surface area (Å²) in [6, 6.07) is 16.0. The second-order valence-corrected chi connectivity index (χ2v) is 4.25. The predicted molar refractivity (Wildman–Crippen MR) is 71.6 cm³/mol. The molecular formula is C15H14N2O. The average molecular weight is 238 g/mol. The first-order chi connectivity index (χ1) is 8.83. The molecule has 3 nitrogen and oxygen atoms in total. The molecule has 0 bridgehead atoms. The fourth-order valence-electron chi connectivity index (χ4n) is 1.94. The molecular weight excluding hydrogens is 224 g/mol. The van der Waals surface area contributed by atoms with E-state index in [0.717, 1.165) is 28.2 Å². The maximum atomic E-state index is 5.76. The number of H-pyrrole nitrogens is 1. The fourth-order valence-corrected chi connectivity index (χ4v) is 1.94. The topological polar surface area (TPSA) is 37.9 Å². The van der Waals surface area contributed by atoms with Gasteiger partial charge < -0.3 is 9.72 Å². The summed E-state index contributed by atoms with van der Waals surface area (Å²) in [5.41, 5.74) is 3.15. The lowest BCUT2D eigenvalue weighted by molar-refractivity contribution is 0.295. The number of aromatic nitrogens is 2. The molecule has 0 unspecified atom stereocenters. The Labute approximate surface area is 105 Å². The van der Waals surface area contributed by atoms with Crippen LogP contribution >= 0.6 is 0 Å². The molecule has 0 saturated carbocycles. The van der Waals surface area contributed by atoms with Crippen molar-refractivity contribution in [1.82, 2.24) is 9.97 Å². The van der Waals surface area contributed by atoms with E-state index in [1.165, 1.54) is 0 Å². The van der Waals surface area contributed by atoms with Crippen LogP contribution in [0.1, 0.15) is 11.4 Å². The summed E-state index contributed by atoms with van der Waals surface area (Å²) in [5.74, 6) is 1.75. The first-order valence-electron chi connectivity index (χ1n) is 5.95. The zero-order valence-corrected chi connectivity index (χ0v) is 10.2. The number of fused-ring (bicyclic) bond motifs is 1. The highest BCUT2D eigenvalue weighted by atomic mass is 16.5. The third-order valence-electron chi connectivity index (χ3n) is 2.90. The van der Waals surface area contributed by atoms with Gasteiger partial charge in [0, 0.05) is 0 Å². The van der Waals surface area contributed by atoms with Crippen LogP contribution in [0.15, 0.2) is 48.5 Å². The van der Waals surface area contributed by atoms with Gasteiger partial charge in [-0.15, -0.1) is 0 Å². The van der Waals surface area contributed by atoms with Crippen molar-refractivity contribution >= 4 is 11.0 Å². The molecule has 18 heavy (non-hydrogen) atoms. The van der Waals surface area contributed by atoms with Crippen molar-refractivity contribution < 1.29 is 4.74 Å². The minimum absolute atomic E-state index is 0.458. The quantitative estimate of drug-likeness (QED) is 0.759. The van der Waals surface area contributed by atoms with Gasteiger partial charge in [0.25, 0.3) is 0 Å². The largest absolute Gasteiger partial charge is 0.485 e. The summed E-state index contributed by atoms with van der Waals surface area (Å²) < 4.78 is 5.76. The number of ether oxygens (including phenoxy) is 1. The number of hydrogen-bond acceptors (Lipinski definition) is 2. The molecule has 3 aromatic rings. The van der Waals surface area contributed by atoms with E-state index in [1.54, 1.807) is 0 Å². The lowest BCUT2D eigenvalue weighted by atomic mass is 10.2. The molecule has 3 rings (SSSR count). The lowest BCUT2D eigenvalue weighted by Crippen LogP contribution is -1.98. The van der Waals surface area contributed by atoms with Gasteiger partial charge >= 0.3 is 0 Å². The Morgan fingerprint density at radius 1 is 1.06 bits per heavy atom. The molecule has 0 amide bonds. The van der Waals surface area contributed by atoms with Gasteiger partial charge in [-0.3, -0.25) is 0 Å². The Hall–Kier alpha value is -2.29. The maximum Gasteiger partial charge on any atom is 0.146 e. The number of para-hydroxylation sites is 3. The van der Waals surface area contributed by atoms with Crippen LogP contribution < -0.4 is 4.74 Å². The van der Waals surface area contributed by atoms with Gasteiger partial charge in [-0.25, -0.2) is 4.98 Å². The summed E-state index contributed by atoms with van der Waals surface area (Å²) in [6.45, 7) is 2.49. The molecule has 3 heteroatoms. The van der Waals surface area contributed by atoms with Crippen molar-refractivity contribution in [3.8, 4) is 5.75 Å². The summed E-state index contributed by atoms with van der Waals surface area (Å²) in [6.07, 6.45) is 0. The number of benzene rings is 2. The third-order valence-corrected chi connectivity index (χ3v) is 2.90.